The number of carbonyl (C=O) groups is 2. The molecule has 0 bridgehead atoms. The molecule has 8 heteroatoms. The first-order valence-electron chi connectivity index (χ1n) is 6.70. The van der Waals surface area contributed by atoms with Crippen molar-refractivity contribution in [3.8, 4) is 0 Å². The Morgan fingerprint density at radius 1 is 1.25 bits per heavy atom. The molecular formula is C12H22N2O5S. The van der Waals surface area contributed by atoms with Gasteiger partial charge in [0, 0.05) is 6.54 Å². The van der Waals surface area contributed by atoms with E-state index >= 15 is 0 Å². The summed E-state index contributed by atoms with van der Waals surface area (Å²) in [6.07, 6.45) is 2.32. The second kappa shape index (κ2) is 6.43. The first-order valence-corrected chi connectivity index (χ1v) is 8.42. The van der Waals surface area contributed by atoms with Crippen LogP contribution in [0.5, 0.6) is 0 Å². The first kappa shape index (κ1) is 16.7. The molecule has 0 aromatic rings. The molecule has 20 heavy (non-hydrogen) atoms. The first-order chi connectivity index (χ1) is 9.19. The molecule has 1 aliphatic rings. The van der Waals surface area contributed by atoms with Crippen molar-refractivity contribution in [3.63, 3.8) is 0 Å². The quantitative estimate of drug-likeness (QED) is 0.661. The number of carboxylic acid groups (broad SMARTS) is 1. The summed E-state index contributed by atoms with van der Waals surface area (Å²) in [5, 5.41) is 13.6. The molecule has 1 fully saturated rings. The largest absolute Gasteiger partial charge is 0.480 e. The highest BCUT2D eigenvalue weighted by Gasteiger charge is 2.42. The molecule has 0 aromatic heterocycles. The van der Waals surface area contributed by atoms with Gasteiger partial charge in [-0.15, -0.1) is 0 Å². The average molecular weight is 306 g/mol. The van der Waals surface area contributed by atoms with Gasteiger partial charge < -0.3 is 15.7 Å². The number of hydrogen-bond donors (Lipinski definition) is 3. The van der Waals surface area contributed by atoms with Crippen LogP contribution in [0.4, 0.5) is 4.79 Å². The standard InChI is InChI=1S/C12H22N2O5S/c1-9(2)20(18,19)8-7-13-11(17)14-12(10(15)16)5-3-4-6-12/h9H,3-8H2,1-2H3,(H,15,16)(H2,13,14,17). The third kappa shape index (κ3) is 4.09. The number of nitrogens with one attached hydrogen (secondary N) is 2. The number of carbonyl (C=O) groups excluding carboxylic acids is 1. The number of amides is 2. The van der Waals surface area contributed by atoms with Crippen LogP contribution in [0.3, 0.4) is 0 Å². The van der Waals surface area contributed by atoms with E-state index < -0.39 is 32.6 Å². The molecule has 1 aliphatic carbocycles. The zero-order chi connectivity index (χ0) is 15.4. The number of hydrogen-bond acceptors (Lipinski definition) is 4. The van der Waals surface area contributed by atoms with Crippen LogP contribution >= 0.6 is 0 Å². The normalized spacial score (nSPS) is 17.9. The van der Waals surface area contributed by atoms with E-state index in [9.17, 15) is 23.1 Å². The Morgan fingerprint density at radius 3 is 2.25 bits per heavy atom. The van der Waals surface area contributed by atoms with Crippen LogP contribution in [-0.2, 0) is 14.6 Å². The molecule has 0 aromatic carbocycles. The second-order valence-corrected chi connectivity index (χ2v) is 8.07. The van der Waals surface area contributed by atoms with Gasteiger partial charge in [-0.1, -0.05) is 12.8 Å². The van der Waals surface area contributed by atoms with Crippen molar-refractivity contribution >= 4 is 21.8 Å². The van der Waals surface area contributed by atoms with Crippen LogP contribution in [-0.4, -0.2) is 48.6 Å². The van der Waals surface area contributed by atoms with Crippen molar-refractivity contribution in [1.82, 2.24) is 10.6 Å². The third-order valence-electron chi connectivity index (χ3n) is 3.61. The predicted octanol–water partition coefficient (Wildman–Crippen LogP) is 0.506. The van der Waals surface area contributed by atoms with Gasteiger partial charge in [0.25, 0.3) is 0 Å². The number of aliphatic carboxylic acids is 1. The molecule has 0 aliphatic heterocycles. The zero-order valence-corrected chi connectivity index (χ0v) is 12.6. The van der Waals surface area contributed by atoms with Crippen LogP contribution in [0.15, 0.2) is 0 Å². The van der Waals surface area contributed by atoms with Crippen molar-refractivity contribution in [2.45, 2.75) is 50.3 Å². The Kier molecular flexibility index (Phi) is 5.38. The zero-order valence-electron chi connectivity index (χ0n) is 11.8. The number of sulfone groups is 1. The van der Waals surface area contributed by atoms with Gasteiger partial charge in [-0.2, -0.15) is 0 Å². The van der Waals surface area contributed by atoms with Gasteiger partial charge in [0.1, 0.15) is 5.54 Å². The lowest BCUT2D eigenvalue weighted by Gasteiger charge is -2.25. The molecule has 0 heterocycles. The van der Waals surface area contributed by atoms with Crippen LogP contribution in [0, 0.1) is 0 Å². The van der Waals surface area contributed by atoms with E-state index in [2.05, 4.69) is 10.6 Å². The average Bonchev–Trinajstić information content (AvgIpc) is 2.78. The second-order valence-electron chi connectivity index (χ2n) is 5.39. The van der Waals surface area contributed by atoms with Crippen LogP contribution in [0.2, 0.25) is 0 Å². The Morgan fingerprint density at radius 2 is 1.80 bits per heavy atom. The van der Waals surface area contributed by atoms with Gasteiger partial charge in [0.2, 0.25) is 0 Å². The monoisotopic (exact) mass is 306 g/mol. The molecular weight excluding hydrogens is 284 g/mol. The van der Waals surface area contributed by atoms with E-state index in [0.29, 0.717) is 12.8 Å². The van der Waals surface area contributed by atoms with Gasteiger partial charge in [-0.05, 0) is 26.7 Å². The van der Waals surface area contributed by atoms with Crippen LogP contribution in [0.25, 0.3) is 0 Å². The van der Waals surface area contributed by atoms with Gasteiger partial charge in [0.05, 0.1) is 11.0 Å². The Bertz CT molecular complexity index is 466. The molecule has 0 spiro atoms. The maximum absolute atomic E-state index is 11.7. The van der Waals surface area contributed by atoms with Gasteiger partial charge in [0.15, 0.2) is 9.84 Å². The van der Waals surface area contributed by atoms with Crippen LogP contribution < -0.4 is 10.6 Å². The SMILES string of the molecule is CC(C)S(=O)(=O)CCNC(=O)NC1(C(=O)O)CCCC1. The fraction of sp³-hybridized carbons (Fsp3) is 0.833. The molecule has 1 saturated carbocycles. The summed E-state index contributed by atoms with van der Waals surface area (Å²) in [6.45, 7) is 3.13. The molecule has 1 rings (SSSR count). The van der Waals surface area contributed by atoms with Crippen molar-refractivity contribution in [2.24, 2.45) is 0 Å². The van der Waals surface area contributed by atoms with E-state index in [-0.39, 0.29) is 12.3 Å². The van der Waals surface area contributed by atoms with E-state index in [1.165, 1.54) is 0 Å². The van der Waals surface area contributed by atoms with Gasteiger partial charge in [-0.3, -0.25) is 0 Å². The fourth-order valence-corrected chi connectivity index (χ4v) is 3.03. The number of rotatable bonds is 6. The Labute approximate surface area is 119 Å². The highest BCUT2D eigenvalue weighted by Crippen LogP contribution is 2.29. The van der Waals surface area contributed by atoms with Crippen molar-refractivity contribution in [3.05, 3.63) is 0 Å². The Hall–Kier alpha value is -1.31. The van der Waals surface area contributed by atoms with E-state index in [1.54, 1.807) is 13.8 Å². The highest BCUT2D eigenvalue weighted by atomic mass is 32.2. The molecule has 0 saturated heterocycles. The van der Waals surface area contributed by atoms with E-state index in [4.69, 9.17) is 0 Å². The number of urea groups is 1. The smallest absolute Gasteiger partial charge is 0.329 e. The van der Waals surface area contributed by atoms with E-state index in [1.807, 2.05) is 0 Å². The van der Waals surface area contributed by atoms with Crippen molar-refractivity contribution < 1.29 is 23.1 Å². The predicted molar refractivity (Wildman–Crippen MR) is 74.3 cm³/mol. The summed E-state index contributed by atoms with van der Waals surface area (Å²) in [5.74, 6) is -1.20. The maximum Gasteiger partial charge on any atom is 0.329 e. The summed E-state index contributed by atoms with van der Waals surface area (Å²) in [5.41, 5.74) is -1.21. The van der Waals surface area contributed by atoms with E-state index in [0.717, 1.165) is 12.8 Å². The number of carboxylic acids is 1. The molecule has 3 N–H and O–H groups in total. The molecule has 0 unspecified atom stereocenters. The molecule has 2 amide bonds. The molecule has 7 nitrogen and oxygen atoms in total. The topological polar surface area (TPSA) is 113 Å². The summed E-state index contributed by atoms with van der Waals surface area (Å²) in [6, 6.07) is -0.631. The fourth-order valence-electron chi connectivity index (χ4n) is 2.17. The minimum Gasteiger partial charge on any atom is -0.480 e. The van der Waals surface area contributed by atoms with Crippen molar-refractivity contribution in [1.29, 1.82) is 0 Å². The minimum absolute atomic E-state index is 0.0257. The lowest BCUT2D eigenvalue weighted by molar-refractivity contribution is -0.144. The Balaban J connectivity index is 2.46. The van der Waals surface area contributed by atoms with Crippen molar-refractivity contribution in [2.75, 3.05) is 12.3 Å². The molecule has 0 radical (unpaired) electrons. The summed E-state index contributed by atoms with van der Waals surface area (Å²) < 4.78 is 23.1. The lowest BCUT2D eigenvalue weighted by atomic mass is 9.98. The summed E-state index contributed by atoms with van der Waals surface area (Å²) in [7, 11) is -3.21. The lowest BCUT2D eigenvalue weighted by Crippen LogP contribution is -2.55. The minimum atomic E-state index is -3.21. The molecule has 116 valence electrons. The van der Waals surface area contributed by atoms with Crippen LogP contribution in [0.1, 0.15) is 39.5 Å². The maximum atomic E-state index is 11.7. The molecule has 0 atom stereocenters. The van der Waals surface area contributed by atoms with Gasteiger partial charge in [-0.25, -0.2) is 18.0 Å². The highest BCUT2D eigenvalue weighted by molar-refractivity contribution is 7.92. The third-order valence-corrected chi connectivity index (χ3v) is 5.82. The summed E-state index contributed by atoms with van der Waals surface area (Å²) in [4.78, 5) is 22.9. The van der Waals surface area contributed by atoms with Gasteiger partial charge >= 0.3 is 12.0 Å². The summed E-state index contributed by atoms with van der Waals surface area (Å²) >= 11 is 0.